The molecule has 1 radical (unpaired) electrons. The Morgan fingerprint density at radius 3 is 2.20 bits per heavy atom. The van der Waals surface area contributed by atoms with Crippen molar-refractivity contribution < 1.29 is 36.5 Å². The molecule has 1 aliphatic rings. The normalized spacial score (nSPS) is 13.1. The molecular weight excluding hydrogens is 359 g/mol. The van der Waals surface area contributed by atoms with Crippen molar-refractivity contribution >= 4 is 0 Å². The third-order valence-electron chi connectivity index (χ3n) is 2.66. The molecular formula is C16H24ClN2Rh-3. The van der Waals surface area contributed by atoms with Gasteiger partial charge in [-0.25, -0.2) is 0 Å². The van der Waals surface area contributed by atoms with Gasteiger partial charge in [0.2, 0.25) is 6.33 Å². The van der Waals surface area contributed by atoms with Gasteiger partial charge in [0.05, 0.1) is 13.6 Å². The molecule has 0 saturated heterocycles. The van der Waals surface area contributed by atoms with Gasteiger partial charge in [0.25, 0.3) is 0 Å². The first-order valence-electron chi connectivity index (χ1n) is 6.87. The maximum absolute atomic E-state index is 3.19. The molecule has 0 N–H and O–H groups in total. The number of nitrogens with zero attached hydrogens (tertiary/aromatic N) is 2. The number of rotatable bonds is 3. The SMILES string of the molecule is CCCCn1[c-][n+](C)cc1.[C-]1=CCC[C-]=CCC1.[Cl-].[Rh]. The van der Waals surface area contributed by atoms with Crippen LogP contribution >= 0.6 is 0 Å². The van der Waals surface area contributed by atoms with Crippen molar-refractivity contribution in [2.45, 2.75) is 52.0 Å². The van der Waals surface area contributed by atoms with Crippen LogP contribution in [0.3, 0.4) is 0 Å². The van der Waals surface area contributed by atoms with E-state index < -0.39 is 0 Å². The van der Waals surface area contributed by atoms with Crippen LogP contribution in [0.2, 0.25) is 0 Å². The molecule has 0 fully saturated rings. The Morgan fingerprint density at radius 2 is 1.75 bits per heavy atom. The minimum atomic E-state index is 0. The summed E-state index contributed by atoms with van der Waals surface area (Å²) in [6.45, 7) is 3.29. The van der Waals surface area contributed by atoms with E-state index in [9.17, 15) is 0 Å². The summed E-state index contributed by atoms with van der Waals surface area (Å²) in [6, 6.07) is 0. The molecule has 1 aromatic rings. The average Bonchev–Trinajstić information content (AvgIpc) is 2.72. The molecule has 20 heavy (non-hydrogen) atoms. The summed E-state index contributed by atoms with van der Waals surface area (Å²) in [5.41, 5.74) is 0. The summed E-state index contributed by atoms with van der Waals surface area (Å²) in [4.78, 5) is 0. The van der Waals surface area contributed by atoms with E-state index in [1.54, 1.807) is 0 Å². The Kier molecular flexibility index (Phi) is 16.4. The largest absolute Gasteiger partial charge is 1.00 e. The molecule has 1 aromatic heterocycles. The summed E-state index contributed by atoms with van der Waals surface area (Å²) in [6.07, 6.45) is 24.7. The van der Waals surface area contributed by atoms with E-state index in [0.717, 1.165) is 32.2 Å². The van der Waals surface area contributed by atoms with Crippen LogP contribution in [0.5, 0.6) is 0 Å². The first kappa shape index (κ1) is 21.9. The van der Waals surface area contributed by atoms with Crippen molar-refractivity contribution in [3.05, 3.63) is 43.0 Å². The minimum Gasteiger partial charge on any atom is -1.00 e. The molecule has 2 rings (SSSR count). The van der Waals surface area contributed by atoms with Crippen LogP contribution in [0.25, 0.3) is 0 Å². The van der Waals surface area contributed by atoms with E-state index in [0.29, 0.717) is 0 Å². The second kappa shape index (κ2) is 15.0. The van der Waals surface area contributed by atoms with Crippen molar-refractivity contribution in [3.8, 4) is 0 Å². The predicted octanol–water partition coefficient (Wildman–Crippen LogP) is 0.194. The molecule has 0 spiro atoms. The van der Waals surface area contributed by atoms with Gasteiger partial charge in [-0.15, -0.1) is 0 Å². The molecule has 0 atom stereocenters. The van der Waals surface area contributed by atoms with Crippen LogP contribution < -0.4 is 17.0 Å². The van der Waals surface area contributed by atoms with E-state index in [2.05, 4.69) is 48.3 Å². The fourth-order valence-electron chi connectivity index (χ4n) is 1.62. The van der Waals surface area contributed by atoms with Crippen LogP contribution in [-0.4, -0.2) is 4.57 Å². The van der Waals surface area contributed by atoms with Crippen LogP contribution in [0.15, 0.2) is 24.5 Å². The van der Waals surface area contributed by atoms with Gasteiger partial charge in [-0.1, -0.05) is 26.2 Å². The second-order valence-electron chi connectivity index (χ2n) is 4.45. The Balaban J connectivity index is 0. The minimum absolute atomic E-state index is 0. The fraction of sp³-hybridized carbons (Fsp3) is 0.562. The number of halogens is 1. The summed E-state index contributed by atoms with van der Waals surface area (Å²) in [5, 5.41) is 0. The van der Waals surface area contributed by atoms with E-state index >= 15 is 0 Å². The molecule has 1 heterocycles. The summed E-state index contributed by atoms with van der Waals surface area (Å²) < 4.78 is 4.03. The van der Waals surface area contributed by atoms with Crippen LogP contribution in [0.1, 0.15) is 45.4 Å². The smallest absolute Gasteiger partial charge is 0.203 e. The third-order valence-corrected chi connectivity index (χ3v) is 2.66. The van der Waals surface area contributed by atoms with E-state index in [1.165, 1.54) is 12.8 Å². The van der Waals surface area contributed by atoms with Gasteiger partial charge in [-0.05, 0) is 18.8 Å². The average molecular weight is 383 g/mol. The number of unbranched alkanes of at least 4 members (excludes halogenated alkanes) is 1. The zero-order valence-corrected chi connectivity index (χ0v) is 14.8. The maximum Gasteiger partial charge on any atom is 0.203 e. The Morgan fingerprint density at radius 1 is 1.15 bits per heavy atom. The summed E-state index contributed by atoms with van der Waals surface area (Å²) >= 11 is 0. The number of allylic oxidation sites excluding steroid dienone is 4. The topological polar surface area (TPSA) is 8.81 Å². The zero-order chi connectivity index (χ0) is 13.1. The number of hydrogen-bond donors (Lipinski definition) is 0. The van der Waals surface area contributed by atoms with Crippen molar-refractivity contribution in [1.29, 1.82) is 0 Å². The molecule has 1 aliphatic carbocycles. The first-order valence-corrected chi connectivity index (χ1v) is 6.87. The van der Waals surface area contributed by atoms with Crippen molar-refractivity contribution in [1.82, 2.24) is 4.57 Å². The molecule has 4 heteroatoms. The van der Waals surface area contributed by atoms with Crippen molar-refractivity contribution in [2.75, 3.05) is 0 Å². The van der Waals surface area contributed by atoms with Gasteiger partial charge in [0.15, 0.2) is 0 Å². The monoisotopic (exact) mass is 382 g/mol. The van der Waals surface area contributed by atoms with Gasteiger partial charge in [-0.3, -0.25) is 12.2 Å². The van der Waals surface area contributed by atoms with Gasteiger partial charge < -0.3 is 33.7 Å². The Hall–Kier alpha value is -0.397. The molecule has 2 nitrogen and oxygen atoms in total. The molecule has 0 unspecified atom stereocenters. The standard InChI is InChI=1S/C8H14N2.C8H10.ClH.Rh/c1-3-4-5-10-7-6-9(2)8-10;1-2-4-6-8-7-5-3-1;;/h6-7H,3-5H2,1-2H3;1,8H,2,4-5,7H2;1H;/q;-2;;/p-1. The zero-order valence-electron chi connectivity index (χ0n) is 12.4. The summed E-state index contributed by atoms with van der Waals surface area (Å²) in [5.74, 6) is 0. The summed E-state index contributed by atoms with van der Waals surface area (Å²) in [7, 11) is 1.99. The predicted molar refractivity (Wildman–Crippen MR) is 73.4 cm³/mol. The molecule has 117 valence electrons. The number of imidazole rings is 1. The van der Waals surface area contributed by atoms with Crippen LogP contribution in [-0.2, 0) is 33.1 Å². The second-order valence-corrected chi connectivity index (χ2v) is 4.45. The van der Waals surface area contributed by atoms with Crippen LogP contribution in [0.4, 0.5) is 0 Å². The fourth-order valence-corrected chi connectivity index (χ4v) is 1.62. The first-order chi connectivity index (χ1) is 8.83. The number of hydrogen-bond acceptors (Lipinski definition) is 0. The van der Waals surface area contributed by atoms with Gasteiger partial charge in [0, 0.05) is 19.5 Å². The van der Waals surface area contributed by atoms with E-state index in [1.807, 2.05) is 17.8 Å². The maximum atomic E-state index is 3.19. The van der Waals surface area contributed by atoms with Gasteiger partial charge >= 0.3 is 0 Å². The molecule has 0 bridgehead atoms. The quantitative estimate of drug-likeness (QED) is 0.401. The number of aryl methyl sites for hydroxylation is 2. The van der Waals surface area contributed by atoms with Gasteiger partial charge in [-0.2, -0.15) is 12.8 Å². The molecule has 0 amide bonds. The van der Waals surface area contributed by atoms with Crippen molar-refractivity contribution in [3.63, 3.8) is 0 Å². The molecule has 0 aromatic carbocycles. The van der Waals surface area contributed by atoms with Gasteiger partial charge in [0.1, 0.15) is 0 Å². The third kappa shape index (κ3) is 11.4. The van der Waals surface area contributed by atoms with E-state index in [-0.39, 0.29) is 31.9 Å². The van der Waals surface area contributed by atoms with Crippen LogP contribution in [0, 0.1) is 18.5 Å². The molecule has 0 saturated carbocycles. The van der Waals surface area contributed by atoms with Crippen molar-refractivity contribution in [2.24, 2.45) is 7.05 Å². The Labute approximate surface area is 143 Å². The Bertz CT molecular complexity index is 346. The van der Waals surface area contributed by atoms with E-state index in [4.69, 9.17) is 0 Å². The molecule has 0 aliphatic heterocycles. The number of aromatic nitrogens is 2.